The highest BCUT2D eigenvalue weighted by Gasteiger charge is 2.13. The van der Waals surface area contributed by atoms with Crippen LogP contribution in [-0.4, -0.2) is 9.97 Å². The number of pyridine rings is 2. The molecule has 2 heterocycles. The average Bonchev–Trinajstić information content (AvgIpc) is 2.59. The van der Waals surface area contributed by atoms with Gasteiger partial charge in [0, 0.05) is 24.8 Å². The van der Waals surface area contributed by atoms with Gasteiger partial charge in [-0.25, -0.2) is 0 Å². The van der Waals surface area contributed by atoms with Crippen LogP contribution < -0.4 is 0 Å². The third kappa shape index (κ3) is 4.90. The van der Waals surface area contributed by atoms with Crippen LogP contribution in [0.4, 0.5) is 0 Å². The zero-order valence-corrected chi connectivity index (χ0v) is 16.1. The van der Waals surface area contributed by atoms with Gasteiger partial charge in [-0.05, 0) is 58.8 Å². The topological polar surface area (TPSA) is 25.8 Å². The summed E-state index contributed by atoms with van der Waals surface area (Å²) in [5.74, 6) is 2.15. The predicted octanol–water partition coefficient (Wildman–Crippen LogP) is 6.41. The summed E-state index contributed by atoms with van der Waals surface area (Å²) in [7, 11) is 0. The van der Waals surface area contributed by atoms with Crippen LogP contribution in [0.15, 0.2) is 36.9 Å². The molecule has 0 amide bonds. The number of rotatable bonds is 7. The molecule has 0 bridgehead atoms. The molecule has 2 nitrogen and oxygen atoms in total. The molecule has 2 heteroatoms. The first-order valence-corrected chi connectivity index (χ1v) is 9.28. The summed E-state index contributed by atoms with van der Waals surface area (Å²) in [6.07, 6.45) is 10.4. The first kappa shape index (κ1) is 18.6. The highest BCUT2D eigenvalue weighted by Crippen LogP contribution is 2.29. The molecule has 24 heavy (non-hydrogen) atoms. The molecule has 0 spiro atoms. The summed E-state index contributed by atoms with van der Waals surface area (Å²) in [5, 5.41) is 0. The Bertz CT molecular complexity index is 588. The summed E-state index contributed by atoms with van der Waals surface area (Å²) in [6.45, 7) is 13.5. The Morgan fingerprint density at radius 3 is 1.25 bits per heavy atom. The van der Waals surface area contributed by atoms with Crippen molar-refractivity contribution in [2.45, 2.75) is 78.1 Å². The average molecular weight is 325 g/mol. The quantitative estimate of drug-likeness (QED) is 0.588. The zero-order valence-electron chi connectivity index (χ0n) is 16.1. The van der Waals surface area contributed by atoms with Crippen molar-refractivity contribution < 1.29 is 0 Å². The van der Waals surface area contributed by atoms with E-state index in [0.717, 1.165) is 0 Å². The fourth-order valence-corrected chi connectivity index (χ4v) is 2.96. The lowest BCUT2D eigenvalue weighted by Gasteiger charge is -2.18. The maximum Gasteiger partial charge on any atom is 0.0302 e. The molecular weight excluding hydrogens is 292 g/mol. The summed E-state index contributed by atoms with van der Waals surface area (Å²) in [4.78, 5) is 8.87. The number of hydrogen-bond acceptors (Lipinski definition) is 2. The van der Waals surface area contributed by atoms with Gasteiger partial charge in [0.1, 0.15) is 0 Å². The van der Waals surface area contributed by atoms with Crippen LogP contribution in [0.2, 0.25) is 0 Å². The minimum atomic E-state index is 0.536. The van der Waals surface area contributed by atoms with Crippen molar-refractivity contribution in [3.05, 3.63) is 59.2 Å². The molecule has 0 radical (unpaired) electrons. The van der Waals surface area contributed by atoms with Gasteiger partial charge in [-0.1, -0.05) is 53.7 Å². The van der Waals surface area contributed by atoms with Crippen LogP contribution in [0.3, 0.4) is 0 Å². The van der Waals surface area contributed by atoms with E-state index in [1.165, 1.54) is 35.1 Å². The second kappa shape index (κ2) is 8.41. The van der Waals surface area contributed by atoms with Gasteiger partial charge in [0.15, 0.2) is 0 Å². The van der Waals surface area contributed by atoms with Gasteiger partial charge in [-0.2, -0.15) is 0 Å². The van der Waals surface area contributed by atoms with E-state index >= 15 is 0 Å². The summed E-state index contributed by atoms with van der Waals surface area (Å²) < 4.78 is 0. The molecule has 0 fully saturated rings. The summed E-state index contributed by atoms with van der Waals surface area (Å²) in [6, 6.07) is 4.65. The molecular formula is C22H32N2. The van der Waals surface area contributed by atoms with Crippen molar-refractivity contribution >= 4 is 0 Å². The van der Waals surface area contributed by atoms with Crippen LogP contribution in [0, 0.1) is 0 Å². The molecule has 0 saturated carbocycles. The standard InChI is InChI=1S/C22H32N2/c1-15(2)19-9-21(13-23-11-19)17(5)7-8-18(6)22-10-20(16(3)4)12-24-14-22/h9-18H,7-8H2,1-6H3. The van der Waals surface area contributed by atoms with Crippen molar-refractivity contribution in [2.75, 3.05) is 0 Å². The molecule has 0 aliphatic rings. The summed E-state index contributed by atoms with van der Waals surface area (Å²) >= 11 is 0. The summed E-state index contributed by atoms with van der Waals surface area (Å²) in [5.41, 5.74) is 5.40. The van der Waals surface area contributed by atoms with Crippen molar-refractivity contribution in [3.8, 4) is 0 Å². The normalized spacial score (nSPS) is 14.2. The van der Waals surface area contributed by atoms with Crippen molar-refractivity contribution in [3.63, 3.8) is 0 Å². The molecule has 0 saturated heterocycles. The Hall–Kier alpha value is -1.70. The lowest BCUT2D eigenvalue weighted by molar-refractivity contribution is 0.570. The van der Waals surface area contributed by atoms with Crippen molar-refractivity contribution in [1.82, 2.24) is 9.97 Å². The molecule has 2 atom stereocenters. The monoisotopic (exact) mass is 324 g/mol. The molecule has 2 aromatic rings. The lowest BCUT2D eigenvalue weighted by Crippen LogP contribution is -2.02. The maximum absolute atomic E-state index is 4.43. The largest absolute Gasteiger partial charge is 0.264 e. The van der Waals surface area contributed by atoms with Crippen molar-refractivity contribution in [2.24, 2.45) is 0 Å². The zero-order chi connectivity index (χ0) is 17.7. The van der Waals surface area contributed by atoms with Crippen LogP contribution >= 0.6 is 0 Å². The highest BCUT2D eigenvalue weighted by atomic mass is 14.6. The smallest absolute Gasteiger partial charge is 0.0302 e. The Morgan fingerprint density at radius 2 is 0.917 bits per heavy atom. The van der Waals surface area contributed by atoms with E-state index in [9.17, 15) is 0 Å². The molecule has 0 N–H and O–H groups in total. The van der Waals surface area contributed by atoms with Crippen LogP contribution in [0.5, 0.6) is 0 Å². The number of aromatic nitrogens is 2. The second-order valence-corrected chi connectivity index (χ2v) is 7.79. The van der Waals surface area contributed by atoms with E-state index in [4.69, 9.17) is 0 Å². The molecule has 0 aliphatic carbocycles. The van der Waals surface area contributed by atoms with Gasteiger partial charge >= 0.3 is 0 Å². The van der Waals surface area contributed by atoms with Gasteiger partial charge in [-0.3, -0.25) is 9.97 Å². The van der Waals surface area contributed by atoms with E-state index in [2.05, 4.69) is 63.6 Å². The highest BCUT2D eigenvalue weighted by molar-refractivity contribution is 5.25. The first-order valence-electron chi connectivity index (χ1n) is 9.28. The van der Waals surface area contributed by atoms with Crippen LogP contribution in [-0.2, 0) is 0 Å². The Morgan fingerprint density at radius 1 is 0.583 bits per heavy atom. The molecule has 2 aromatic heterocycles. The fourth-order valence-electron chi connectivity index (χ4n) is 2.96. The van der Waals surface area contributed by atoms with Gasteiger partial charge in [0.2, 0.25) is 0 Å². The predicted molar refractivity (Wildman–Crippen MR) is 103 cm³/mol. The van der Waals surface area contributed by atoms with Crippen LogP contribution in [0.1, 0.15) is 100 Å². The number of nitrogens with zero attached hydrogens (tertiary/aromatic N) is 2. The van der Waals surface area contributed by atoms with Crippen LogP contribution in [0.25, 0.3) is 0 Å². The third-order valence-electron chi connectivity index (χ3n) is 5.07. The molecule has 0 aliphatic heterocycles. The van der Waals surface area contributed by atoms with Gasteiger partial charge in [0.25, 0.3) is 0 Å². The van der Waals surface area contributed by atoms with E-state index in [-0.39, 0.29) is 0 Å². The van der Waals surface area contributed by atoms with Gasteiger partial charge < -0.3 is 0 Å². The minimum absolute atomic E-state index is 0.536. The van der Waals surface area contributed by atoms with Gasteiger partial charge in [-0.15, -0.1) is 0 Å². The molecule has 0 aromatic carbocycles. The lowest BCUT2D eigenvalue weighted by atomic mass is 9.88. The third-order valence-corrected chi connectivity index (χ3v) is 5.07. The minimum Gasteiger partial charge on any atom is -0.264 e. The Kier molecular flexibility index (Phi) is 6.53. The molecule has 2 rings (SSSR count). The van der Waals surface area contributed by atoms with Gasteiger partial charge in [0.05, 0.1) is 0 Å². The first-order chi connectivity index (χ1) is 11.4. The van der Waals surface area contributed by atoms with E-state index < -0.39 is 0 Å². The maximum atomic E-state index is 4.43. The Labute approximate surface area is 147 Å². The van der Waals surface area contributed by atoms with Crippen molar-refractivity contribution in [1.29, 1.82) is 0 Å². The molecule has 130 valence electrons. The van der Waals surface area contributed by atoms with E-state index in [1.54, 1.807) is 0 Å². The second-order valence-electron chi connectivity index (χ2n) is 7.79. The fraction of sp³-hybridized carbons (Fsp3) is 0.545. The van der Waals surface area contributed by atoms with E-state index in [1.807, 2.05) is 24.8 Å². The Balaban J connectivity index is 1.99. The SMILES string of the molecule is CC(C)c1cncc(C(C)CCC(C)c2cncc(C(C)C)c2)c1. The number of hydrogen-bond donors (Lipinski definition) is 0. The van der Waals surface area contributed by atoms with E-state index in [0.29, 0.717) is 23.7 Å². The molecule has 2 unspecified atom stereocenters.